The summed E-state index contributed by atoms with van der Waals surface area (Å²) in [5.74, 6) is 0.451. The summed E-state index contributed by atoms with van der Waals surface area (Å²) >= 11 is 26.4. The van der Waals surface area contributed by atoms with Crippen molar-refractivity contribution in [2.45, 2.75) is 12.8 Å². The van der Waals surface area contributed by atoms with E-state index in [1.165, 1.54) is 11.1 Å². The summed E-state index contributed by atoms with van der Waals surface area (Å²) in [4.78, 5) is 32.0. The first kappa shape index (κ1) is 56.0. The van der Waals surface area contributed by atoms with Crippen LogP contribution in [0.2, 0.25) is 20.4 Å². The molecule has 0 fully saturated rings. The summed E-state index contributed by atoms with van der Waals surface area (Å²) in [6.07, 6.45) is 6.98. The van der Waals surface area contributed by atoms with Crippen molar-refractivity contribution in [1.29, 1.82) is 0 Å². The maximum atomic E-state index is 8.24. The van der Waals surface area contributed by atoms with Gasteiger partial charge in [0.15, 0.2) is 11.3 Å². The topological polar surface area (TPSA) is 127 Å². The Hall–Kier alpha value is -8.34. The van der Waals surface area contributed by atoms with Crippen LogP contribution in [-0.4, -0.2) is 57.9 Å². The summed E-state index contributed by atoms with van der Waals surface area (Å²) in [5.41, 5.74) is 16.4. The Kier molecular flexibility index (Phi) is 17.9. The van der Waals surface area contributed by atoms with Crippen LogP contribution in [-0.2, 0) is 12.8 Å². The number of fused-ring (bicyclic) bond motifs is 14. The van der Waals surface area contributed by atoms with E-state index < -0.39 is 0 Å². The maximum Gasteiger partial charge on any atom is 0.569 e. The van der Waals surface area contributed by atoms with Crippen molar-refractivity contribution in [3.8, 4) is 16.9 Å². The average Bonchev–Trinajstić information content (AvgIpc) is 4.17. The molecule has 18 heteroatoms. The van der Waals surface area contributed by atoms with Crippen LogP contribution in [0.3, 0.4) is 0 Å². The highest BCUT2D eigenvalue weighted by atomic mass is 79.9. The summed E-state index contributed by atoms with van der Waals surface area (Å²) in [5, 5.41) is 12.6. The maximum absolute atomic E-state index is 8.24. The van der Waals surface area contributed by atoms with Crippen LogP contribution in [0.25, 0.3) is 66.4 Å². The summed E-state index contributed by atoms with van der Waals surface area (Å²) < 4.78 is 9.83. The molecule has 0 amide bonds. The number of hydrogen-bond acceptors (Lipinski definition) is 9. The largest absolute Gasteiger partial charge is 0.569 e. The Morgan fingerprint density at radius 2 is 0.926 bits per heavy atom. The minimum atomic E-state index is 0. The minimum absolute atomic E-state index is 0. The molecule has 2 aliphatic rings. The molecule has 15 rings (SSSR count). The number of benzene rings is 7. The van der Waals surface area contributed by atoms with Crippen LogP contribution >= 0.6 is 62.3 Å². The lowest BCUT2D eigenvalue weighted by molar-refractivity contribution is 0.454. The number of pyridine rings is 3. The van der Waals surface area contributed by atoms with Crippen molar-refractivity contribution in [2.75, 3.05) is 0 Å². The molecular weight excluding hydrogens is 1170 g/mol. The third kappa shape index (κ3) is 12.2. The third-order valence-electron chi connectivity index (χ3n) is 13.0. The van der Waals surface area contributed by atoms with Gasteiger partial charge >= 0.3 is 7.69 Å². The van der Waals surface area contributed by atoms with Gasteiger partial charge in [0.05, 0.1) is 59.9 Å². The Morgan fingerprint density at radius 1 is 0.444 bits per heavy atom. The molecule has 397 valence electrons. The van der Waals surface area contributed by atoms with E-state index in [0.29, 0.717) is 33.8 Å². The fourth-order valence-corrected chi connectivity index (χ4v) is 10.3. The average molecular weight is 1210 g/mol. The predicted octanol–water partition coefficient (Wildman–Crippen LogP) is 17.1. The lowest BCUT2D eigenvalue weighted by Gasteiger charge is -2.07. The standard InChI is InChI=1S/C25H15N5.C16H12N2.C11H7Cl2N.C6H5BClO2.C5H3BrClN.FH/c1-4-12-20-16(8-1)17-9-7-15-26-23(17)30-22-14-6-3-11-19(22)28-25(30)24-27-18-10-2-5-13-21(18)29(20)24;1-3-7-13-11(5-1)9-15(17-13)16-10-12-6-2-4-8-14(12)18-16;12-10-6-2-1-4-8(10)9-5-3-7-14-11(9)13;8-5-3-1-2-4-6(5)10-7-9;6-4-2-1-3-8-5(4)7;/h1-15H;1-8H,9-10H2;1-7H;1-4,9H;1-3H;1H. The number of rotatable bonds is 4. The zero-order valence-electron chi connectivity index (χ0n) is 42.5. The second-order valence-electron chi connectivity index (χ2n) is 17.9. The normalized spacial score (nSPS) is 11.8. The Morgan fingerprint density at radius 3 is 1.52 bits per heavy atom. The van der Waals surface area contributed by atoms with Crippen LogP contribution in [0, 0.1) is 0 Å². The molecule has 7 aromatic carbocycles. The van der Waals surface area contributed by atoms with E-state index in [1.807, 2.05) is 103 Å². The van der Waals surface area contributed by atoms with Gasteiger partial charge in [-0.3, -0.25) is 23.5 Å². The molecule has 0 spiro atoms. The molecule has 6 aromatic heterocycles. The monoisotopic (exact) mass is 1210 g/mol. The molecule has 0 bridgehead atoms. The molecule has 0 saturated carbocycles. The number of hydrogen-bond donors (Lipinski definition) is 1. The fraction of sp³-hybridized carbons (Fsp3) is 0.0317. The van der Waals surface area contributed by atoms with Crippen molar-refractivity contribution < 1.29 is 14.4 Å². The number of para-hydroxylation sites is 8. The highest BCUT2D eigenvalue weighted by Gasteiger charge is 2.23. The second-order valence-corrected chi connectivity index (χ2v) is 20.3. The predicted molar refractivity (Wildman–Crippen MR) is 334 cm³/mol. The number of nitrogens with zero attached hydrogens (tertiary/aromatic N) is 9. The molecule has 11 nitrogen and oxygen atoms in total. The molecule has 0 unspecified atom stereocenters. The third-order valence-corrected chi connectivity index (χ3v) is 15.1. The minimum Gasteiger partial charge on any atom is -0.536 e. The Bertz CT molecular complexity index is 4260. The van der Waals surface area contributed by atoms with E-state index in [1.54, 1.807) is 36.7 Å². The molecule has 2 aliphatic heterocycles. The lowest BCUT2D eigenvalue weighted by Crippen LogP contribution is -2.13. The molecule has 0 saturated heterocycles. The van der Waals surface area contributed by atoms with Gasteiger partial charge in [0.25, 0.3) is 0 Å². The quantitative estimate of drug-likeness (QED) is 0.137. The van der Waals surface area contributed by atoms with E-state index in [0.717, 1.165) is 107 Å². The molecule has 1 radical (unpaired) electrons. The summed E-state index contributed by atoms with van der Waals surface area (Å²) in [6.45, 7) is 0. The van der Waals surface area contributed by atoms with Crippen molar-refractivity contribution >= 4 is 148 Å². The Balaban J connectivity index is 0.000000124. The molecule has 0 aliphatic carbocycles. The van der Waals surface area contributed by atoms with E-state index in [2.05, 4.69) is 124 Å². The van der Waals surface area contributed by atoms with Crippen LogP contribution in [0.1, 0.15) is 11.1 Å². The number of halogens is 6. The van der Waals surface area contributed by atoms with Crippen molar-refractivity contribution in [1.82, 2.24) is 33.7 Å². The zero-order chi connectivity index (χ0) is 55.0. The van der Waals surface area contributed by atoms with Gasteiger partial charge in [0, 0.05) is 58.4 Å². The van der Waals surface area contributed by atoms with Crippen LogP contribution in [0.5, 0.6) is 5.75 Å². The molecule has 81 heavy (non-hydrogen) atoms. The summed E-state index contributed by atoms with van der Waals surface area (Å²) in [7, 11) is 0.598. The smallest absolute Gasteiger partial charge is 0.536 e. The molecular formula is C63H43BBrCl4FN9O2. The van der Waals surface area contributed by atoms with Gasteiger partial charge < -0.3 is 9.68 Å². The van der Waals surface area contributed by atoms with Gasteiger partial charge in [0.2, 0.25) is 0 Å². The number of aromatic nitrogens is 7. The van der Waals surface area contributed by atoms with Gasteiger partial charge in [0.1, 0.15) is 21.7 Å². The van der Waals surface area contributed by atoms with E-state index >= 15 is 0 Å². The molecule has 0 atom stereocenters. The summed E-state index contributed by atoms with van der Waals surface area (Å²) in [6, 6.07) is 67.5. The van der Waals surface area contributed by atoms with Crippen LogP contribution in [0.15, 0.2) is 239 Å². The lowest BCUT2D eigenvalue weighted by atomic mass is 10.0. The first-order valence-corrected chi connectivity index (χ1v) is 27.3. The molecule has 8 heterocycles. The van der Waals surface area contributed by atoms with Gasteiger partial charge in [-0.2, -0.15) is 0 Å². The van der Waals surface area contributed by atoms with E-state index in [4.69, 9.17) is 76.4 Å². The van der Waals surface area contributed by atoms with Gasteiger partial charge in [-0.25, -0.2) is 24.9 Å². The zero-order valence-corrected chi connectivity index (χ0v) is 47.1. The van der Waals surface area contributed by atoms with Crippen molar-refractivity contribution in [3.05, 3.63) is 261 Å². The van der Waals surface area contributed by atoms with Gasteiger partial charge in [-0.1, -0.05) is 156 Å². The first-order chi connectivity index (χ1) is 39.2. The van der Waals surface area contributed by atoms with Gasteiger partial charge in [-0.15, -0.1) is 0 Å². The highest BCUT2D eigenvalue weighted by molar-refractivity contribution is 9.10. The fourth-order valence-electron chi connectivity index (χ4n) is 9.32. The molecule has 13 aromatic rings. The second kappa shape index (κ2) is 25.8. The van der Waals surface area contributed by atoms with E-state index in [-0.39, 0.29) is 4.70 Å². The van der Waals surface area contributed by atoms with Crippen molar-refractivity contribution in [3.63, 3.8) is 0 Å². The SMILES string of the molecule is Clc1ccccc1-c1cccnc1Cl.Clc1ncccc1Br.F.O[B]Oc1ccccc1Cl.c1ccc2c(c1)CC(C1=Nc3ccccc3C1)=N2.c1ccc2c(c1)nc1c3nc4ccccc4n3c3ncccc3c3ccccc3n21. The van der Waals surface area contributed by atoms with Gasteiger partial charge in [-0.05, 0) is 124 Å². The van der Waals surface area contributed by atoms with Crippen LogP contribution in [0.4, 0.5) is 16.1 Å². The first-order valence-electron chi connectivity index (χ1n) is 25.0. The molecule has 1 N–H and O–H groups in total. The van der Waals surface area contributed by atoms with E-state index in [9.17, 15) is 0 Å². The highest BCUT2D eigenvalue weighted by Crippen LogP contribution is 2.34. The number of imidazole rings is 2. The van der Waals surface area contributed by atoms with Crippen LogP contribution < -0.4 is 4.65 Å². The Labute approximate surface area is 493 Å². The number of aliphatic imine (C=N–C) groups is 2. The van der Waals surface area contributed by atoms with Crippen molar-refractivity contribution in [2.24, 2.45) is 9.98 Å².